The summed E-state index contributed by atoms with van der Waals surface area (Å²) in [4.78, 5) is 12.9. The monoisotopic (exact) mass is 296 g/mol. The molecule has 1 aromatic carbocycles. The molecule has 4 heteroatoms. The van der Waals surface area contributed by atoms with Crippen molar-refractivity contribution >= 4 is 43.0 Å². The van der Waals surface area contributed by atoms with Crippen LogP contribution in [0.5, 0.6) is 0 Å². The molecule has 0 aromatic heterocycles. The Morgan fingerprint density at radius 1 is 1.17 bits per heavy atom. The van der Waals surface area contributed by atoms with Gasteiger partial charge in [-0.3, -0.25) is 4.79 Å². The number of hydrogen-bond donors (Lipinski definition) is 3. The molecule has 1 nitrogen and oxygen atoms in total. The summed E-state index contributed by atoms with van der Waals surface area (Å²) < 4.78 is 0. The van der Waals surface area contributed by atoms with Gasteiger partial charge in [-0.05, 0) is 55.1 Å². The van der Waals surface area contributed by atoms with Crippen molar-refractivity contribution < 1.29 is 4.79 Å². The van der Waals surface area contributed by atoms with Crippen LogP contribution in [0, 0.1) is 5.92 Å². The molecule has 3 rings (SSSR count). The predicted molar refractivity (Wildman–Crippen MR) is 82.5 cm³/mol. The molecule has 96 valence electrons. The molecule has 2 fully saturated rings. The van der Waals surface area contributed by atoms with E-state index in [1.165, 1.54) is 37.7 Å². The molecule has 2 aliphatic carbocycles. The Hall–Kier alpha value is -0.0600. The van der Waals surface area contributed by atoms with Crippen molar-refractivity contribution in [3.05, 3.63) is 23.3 Å². The lowest BCUT2D eigenvalue weighted by atomic mass is 9.77. The van der Waals surface area contributed by atoms with Gasteiger partial charge in [-0.25, -0.2) is 0 Å². The highest BCUT2D eigenvalue weighted by Gasteiger charge is 2.46. The Labute approximate surface area is 124 Å². The molecule has 0 spiro atoms. The molecule has 0 saturated heterocycles. The van der Waals surface area contributed by atoms with E-state index in [9.17, 15) is 4.79 Å². The Bertz CT molecular complexity index is 516. The molecule has 0 radical (unpaired) electrons. The van der Waals surface area contributed by atoms with Crippen molar-refractivity contribution in [2.45, 2.75) is 47.3 Å². The highest BCUT2D eigenvalue weighted by atomic mass is 32.1. The molecule has 0 unspecified atom stereocenters. The molecule has 2 aliphatic rings. The second kappa shape index (κ2) is 4.50. The maximum absolute atomic E-state index is 11.4. The second-order valence-corrected chi connectivity index (χ2v) is 6.89. The molecule has 2 bridgehead atoms. The zero-order chi connectivity index (χ0) is 12.9. The van der Waals surface area contributed by atoms with Gasteiger partial charge in [0.2, 0.25) is 5.12 Å². The SMILES string of the molecule is O=C(S)c1ccc(C23CCC(CC2)C3)c(S)c1S. The molecule has 18 heavy (non-hydrogen) atoms. The van der Waals surface area contributed by atoms with Crippen LogP contribution in [0.4, 0.5) is 0 Å². The third-order valence-electron chi connectivity index (χ3n) is 4.69. The van der Waals surface area contributed by atoms with Crippen LogP contribution in [0.3, 0.4) is 0 Å². The van der Waals surface area contributed by atoms with Crippen LogP contribution in [0.1, 0.15) is 48.0 Å². The number of carbonyl (C=O) groups is 1. The molecule has 0 aliphatic heterocycles. The first-order chi connectivity index (χ1) is 8.53. The van der Waals surface area contributed by atoms with E-state index in [1.54, 1.807) is 0 Å². The van der Waals surface area contributed by atoms with Crippen LogP contribution in [-0.4, -0.2) is 5.12 Å². The zero-order valence-electron chi connectivity index (χ0n) is 10.0. The minimum Gasteiger partial charge on any atom is -0.282 e. The van der Waals surface area contributed by atoms with Crippen LogP contribution in [0.2, 0.25) is 0 Å². The number of thiol groups is 3. The van der Waals surface area contributed by atoms with Gasteiger partial charge in [-0.15, -0.1) is 37.9 Å². The first-order valence-electron chi connectivity index (χ1n) is 6.32. The highest BCUT2D eigenvalue weighted by Crippen LogP contribution is 2.57. The fourth-order valence-electron chi connectivity index (χ4n) is 3.75. The summed E-state index contributed by atoms with van der Waals surface area (Å²) in [5.74, 6) is 0.896. The molecular weight excluding hydrogens is 280 g/mol. The average molecular weight is 296 g/mol. The smallest absolute Gasteiger partial charge is 0.217 e. The van der Waals surface area contributed by atoms with E-state index in [4.69, 9.17) is 0 Å². The summed E-state index contributed by atoms with van der Waals surface area (Å²) in [7, 11) is 0. The standard InChI is InChI=1S/C14H16OS3/c15-13(18)9-1-2-10(12(17)11(9)16)14-5-3-8(7-14)4-6-14/h1-2,8,16-17H,3-7H2,(H,15,18). The summed E-state index contributed by atoms with van der Waals surface area (Å²) in [5, 5.41) is -0.241. The number of rotatable bonds is 2. The third-order valence-corrected chi connectivity index (χ3v) is 6.04. The van der Waals surface area contributed by atoms with Crippen LogP contribution in [0.15, 0.2) is 21.9 Å². The van der Waals surface area contributed by atoms with Crippen molar-refractivity contribution in [1.29, 1.82) is 0 Å². The van der Waals surface area contributed by atoms with Gasteiger partial charge in [-0.1, -0.05) is 6.07 Å². The molecule has 0 atom stereocenters. The van der Waals surface area contributed by atoms with E-state index >= 15 is 0 Å². The first-order valence-corrected chi connectivity index (χ1v) is 7.66. The van der Waals surface area contributed by atoms with Crippen molar-refractivity contribution in [3.63, 3.8) is 0 Å². The van der Waals surface area contributed by atoms with Crippen molar-refractivity contribution in [3.8, 4) is 0 Å². The molecule has 1 aromatic rings. The van der Waals surface area contributed by atoms with E-state index in [1.807, 2.05) is 6.07 Å². The molecule has 0 heterocycles. The van der Waals surface area contributed by atoms with E-state index in [0.29, 0.717) is 15.9 Å². The minimum absolute atomic E-state index is 0.241. The molecule has 0 amide bonds. The Kier molecular flexibility index (Phi) is 3.23. The van der Waals surface area contributed by atoms with Crippen molar-refractivity contribution in [2.75, 3.05) is 0 Å². The zero-order valence-corrected chi connectivity index (χ0v) is 12.7. The van der Waals surface area contributed by atoms with Gasteiger partial charge in [-0.2, -0.15) is 0 Å². The summed E-state index contributed by atoms with van der Waals surface area (Å²) in [6.45, 7) is 0. The molecule has 2 saturated carbocycles. The minimum atomic E-state index is -0.241. The Balaban J connectivity index is 2.09. The van der Waals surface area contributed by atoms with Crippen LogP contribution >= 0.6 is 37.9 Å². The van der Waals surface area contributed by atoms with E-state index in [2.05, 4.69) is 44.0 Å². The van der Waals surface area contributed by atoms with E-state index in [0.717, 1.165) is 10.8 Å². The maximum atomic E-state index is 11.4. The first kappa shape index (κ1) is 12.9. The Morgan fingerprint density at radius 3 is 2.33 bits per heavy atom. The van der Waals surface area contributed by atoms with Gasteiger partial charge in [0.1, 0.15) is 0 Å². The number of hydrogen-bond acceptors (Lipinski definition) is 3. The van der Waals surface area contributed by atoms with Gasteiger partial charge in [0.25, 0.3) is 0 Å². The summed E-state index contributed by atoms with van der Waals surface area (Å²) in [5.41, 5.74) is 2.14. The van der Waals surface area contributed by atoms with E-state index < -0.39 is 0 Å². The summed E-state index contributed by atoms with van der Waals surface area (Å²) in [6.07, 6.45) is 6.46. The van der Waals surface area contributed by atoms with Crippen molar-refractivity contribution in [2.24, 2.45) is 5.92 Å². The van der Waals surface area contributed by atoms with Gasteiger partial charge in [0, 0.05) is 15.4 Å². The van der Waals surface area contributed by atoms with Gasteiger partial charge in [0.15, 0.2) is 0 Å². The summed E-state index contributed by atoms with van der Waals surface area (Å²) in [6, 6.07) is 3.92. The van der Waals surface area contributed by atoms with Gasteiger partial charge >= 0.3 is 0 Å². The number of benzene rings is 1. The quantitative estimate of drug-likeness (QED) is 0.699. The third kappa shape index (κ3) is 1.84. The van der Waals surface area contributed by atoms with Crippen LogP contribution in [-0.2, 0) is 5.41 Å². The van der Waals surface area contributed by atoms with Gasteiger partial charge in [0.05, 0.1) is 0 Å². The molecule has 0 N–H and O–H groups in total. The lowest BCUT2D eigenvalue weighted by Crippen LogP contribution is -2.20. The topological polar surface area (TPSA) is 17.1 Å². The average Bonchev–Trinajstić information content (AvgIpc) is 2.93. The van der Waals surface area contributed by atoms with E-state index in [-0.39, 0.29) is 5.12 Å². The fourth-order valence-corrected chi connectivity index (χ4v) is 4.75. The number of carbonyl (C=O) groups excluding carboxylic acids is 1. The van der Waals surface area contributed by atoms with Crippen LogP contribution < -0.4 is 0 Å². The van der Waals surface area contributed by atoms with Crippen molar-refractivity contribution in [1.82, 2.24) is 0 Å². The normalized spacial score (nSPS) is 29.8. The predicted octanol–water partition coefficient (Wildman–Crippen LogP) is 4.17. The Morgan fingerprint density at radius 2 is 1.83 bits per heavy atom. The fraction of sp³-hybridized carbons (Fsp3) is 0.500. The van der Waals surface area contributed by atoms with Gasteiger partial charge < -0.3 is 0 Å². The summed E-state index contributed by atoms with van der Waals surface area (Å²) >= 11 is 13.0. The number of fused-ring (bicyclic) bond motifs is 2. The lowest BCUT2D eigenvalue weighted by molar-refractivity contribution is 0.108. The maximum Gasteiger partial charge on any atom is 0.217 e. The largest absolute Gasteiger partial charge is 0.282 e. The lowest BCUT2D eigenvalue weighted by Gasteiger charge is -2.29. The molecular formula is C14H16OS3. The van der Waals surface area contributed by atoms with Crippen LogP contribution in [0.25, 0.3) is 0 Å². The highest BCUT2D eigenvalue weighted by molar-refractivity contribution is 7.97. The second-order valence-electron chi connectivity index (χ2n) is 5.59.